The molecule has 0 saturated heterocycles. The summed E-state index contributed by atoms with van der Waals surface area (Å²) in [6.07, 6.45) is 1.99. The van der Waals surface area contributed by atoms with Crippen molar-refractivity contribution in [3.63, 3.8) is 0 Å². The Bertz CT molecular complexity index is 432. The minimum absolute atomic E-state index is 0.337. The zero-order valence-corrected chi connectivity index (χ0v) is 11.4. The highest BCUT2D eigenvalue weighted by atomic mass is 16.5. The van der Waals surface area contributed by atoms with Gasteiger partial charge >= 0.3 is 0 Å². The van der Waals surface area contributed by atoms with Gasteiger partial charge < -0.3 is 20.5 Å². The third-order valence-corrected chi connectivity index (χ3v) is 3.63. The predicted octanol–water partition coefficient (Wildman–Crippen LogP) is 1.76. The largest absolute Gasteiger partial charge is 0.496 e. The van der Waals surface area contributed by atoms with Crippen LogP contribution in [0.4, 0.5) is 0 Å². The number of hydrogen-bond acceptors (Lipinski definition) is 4. The Morgan fingerprint density at radius 1 is 1.39 bits per heavy atom. The monoisotopic (exact) mass is 250 g/mol. The summed E-state index contributed by atoms with van der Waals surface area (Å²) < 4.78 is 11.1. The molecule has 0 fully saturated rings. The fourth-order valence-corrected chi connectivity index (χ4v) is 2.79. The molecular formula is C14H22N2O2. The van der Waals surface area contributed by atoms with E-state index in [0.717, 1.165) is 36.4 Å². The van der Waals surface area contributed by atoms with Crippen LogP contribution in [-0.2, 0) is 13.0 Å². The lowest BCUT2D eigenvalue weighted by molar-refractivity contribution is 0.370. The quantitative estimate of drug-likeness (QED) is 0.855. The number of rotatable bonds is 4. The normalized spacial score (nSPS) is 18.3. The molecule has 1 heterocycles. The first-order valence-corrected chi connectivity index (χ1v) is 6.46. The Hall–Kier alpha value is -1.26. The van der Waals surface area contributed by atoms with E-state index in [1.165, 1.54) is 11.1 Å². The highest BCUT2D eigenvalue weighted by molar-refractivity contribution is 5.56. The summed E-state index contributed by atoms with van der Waals surface area (Å²) >= 11 is 0. The van der Waals surface area contributed by atoms with Crippen LogP contribution in [0, 0.1) is 0 Å². The smallest absolute Gasteiger partial charge is 0.127 e. The molecule has 0 amide bonds. The third kappa shape index (κ3) is 2.06. The minimum Gasteiger partial charge on any atom is -0.496 e. The van der Waals surface area contributed by atoms with Gasteiger partial charge in [0.15, 0.2) is 0 Å². The van der Waals surface area contributed by atoms with Crippen LogP contribution in [0.5, 0.6) is 11.5 Å². The Morgan fingerprint density at radius 2 is 2.17 bits per heavy atom. The van der Waals surface area contributed by atoms with Crippen molar-refractivity contribution in [1.82, 2.24) is 5.32 Å². The van der Waals surface area contributed by atoms with E-state index in [9.17, 15) is 0 Å². The average Bonchev–Trinajstić information content (AvgIpc) is 2.44. The van der Waals surface area contributed by atoms with Gasteiger partial charge in [-0.1, -0.05) is 6.92 Å². The molecule has 1 aromatic carbocycles. The van der Waals surface area contributed by atoms with Gasteiger partial charge in [0.2, 0.25) is 0 Å². The molecule has 0 spiro atoms. The first kappa shape index (κ1) is 13.2. The van der Waals surface area contributed by atoms with Crippen molar-refractivity contribution in [2.24, 2.45) is 5.73 Å². The standard InChI is InChI=1S/C14H22N2O2/c1-4-11-13-10(5-6-16-11)14(18-3)9(8-15)7-12(13)17-2/h7,11,16H,4-6,8,15H2,1-3H3. The summed E-state index contributed by atoms with van der Waals surface area (Å²) in [7, 11) is 3.42. The highest BCUT2D eigenvalue weighted by Crippen LogP contribution is 2.41. The van der Waals surface area contributed by atoms with E-state index in [2.05, 4.69) is 12.2 Å². The molecule has 3 N–H and O–H groups in total. The van der Waals surface area contributed by atoms with Crippen LogP contribution >= 0.6 is 0 Å². The molecule has 0 radical (unpaired) electrons. The van der Waals surface area contributed by atoms with E-state index in [1.807, 2.05) is 6.07 Å². The number of fused-ring (bicyclic) bond motifs is 1. The van der Waals surface area contributed by atoms with Crippen LogP contribution < -0.4 is 20.5 Å². The molecule has 18 heavy (non-hydrogen) atoms. The molecule has 1 aromatic rings. The summed E-state index contributed by atoms with van der Waals surface area (Å²) in [5.41, 5.74) is 9.31. The highest BCUT2D eigenvalue weighted by Gasteiger charge is 2.27. The zero-order valence-electron chi connectivity index (χ0n) is 11.4. The summed E-state index contributed by atoms with van der Waals surface area (Å²) in [4.78, 5) is 0. The molecule has 0 saturated carbocycles. The van der Waals surface area contributed by atoms with Gasteiger partial charge in [0.25, 0.3) is 0 Å². The van der Waals surface area contributed by atoms with E-state index >= 15 is 0 Å². The van der Waals surface area contributed by atoms with E-state index in [1.54, 1.807) is 14.2 Å². The van der Waals surface area contributed by atoms with E-state index < -0.39 is 0 Å². The maximum Gasteiger partial charge on any atom is 0.127 e. The summed E-state index contributed by atoms with van der Waals surface area (Å²) in [6.45, 7) is 3.62. The molecule has 4 heteroatoms. The van der Waals surface area contributed by atoms with Gasteiger partial charge in [0, 0.05) is 29.3 Å². The lowest BCUT2D eigenvalue weighted by atomic mass is 9.89. The lowest BCUT2D eigenvalue weighted by Crippen LogP contribution is -2.30. The summed E-state index contributed by atoms with van der Waals surface area (Å²) in [5, 5.41) is 3.52. The van der Waals surface area contributed by atoms with Gasteiger partial charge in [0.1, 0.15) is 11.5 Å². The molecule has 2 rings (SSSR count). The number of nitrogens with two attached hydrogens (primary N) is 1. The molecular weight excluding hydrogens is 228 g/mol. The predicted molar refractivity (Wildman–Crippen MR) is 72.2 cm³/mol. The first-order valence-electron chi connectivity index (χ1n) is 6.46. The van der Waals surface area contributed by atoms with Gasteiger partial charge in [0.05, 0.1) is 14.2 Å². The minimum atomic E-state index is 0.337. The Kier molecular flexibility index (Phi) is 4.09. The Balaban J connectivity index is 2.64. The lowest BCUT2D eigenvalue weighted by Gasteiger charge is -2.30. The molecule has 0 aromatic heterocycles. The number of nitrogens with one attached hydrogen (secondary N) is 1. The van der Waals surface area contributed by atoms with Crippen molar-refractivity contribution in [1.29, 1.82) is 0 Å². The fourth-order valence-electron chi connectivity index (χ4n) is 2.79. The first-order chi connectivity index (χ1) is 8.76. The van der Waals surface area contributed by atoms with Gasteiger partial charge in [-0.15, -0.1) is 0 Å². The summed E-state index contributed by atoms with van der Waals surface area (Å²) in [5.74, 6) is 1.86. The molecule has 4 nitrogen and oxygen atoms in total. The van der Waals surface area contributed by atoms with Gasteiger partial charge in [-0.05, 0) is 25.5 Å². The van der Waals surface area contributed by atoms with Crippen molar-refractivity contribution in [2.45, 2.75) is 32.4 Å². The van der Waals surface area contributed by atoms with E-state index in [0.29, 0.717) is 12.6 Å². The van der Waals surface area contributed by atoms with Crippen molar-refractivity contribution in [3.8, 4) is 11.5 Å². The van der Waals surface area contributed by atoms with Gasteiger partial charge in [-0.2, -0.15) is 0 Å². The molecule has 1 atom stereocenters. The summed E-state index contributed by atoms with van der Waals surface area (Å²) in [6, 6.07) is 2.34. The molecule has 1 aliphatic heterocycles. The number of benzene rings is 1. The number of methoxy groups -OCH3 is 2. The van der Waals surface area contributed by atoms with Crippen LogP contribution in [0.2, 0.25) is 0 Å². The SMILES string of the molecule is CCC1NCCc2c(OC)c(CN)cc(OC)c21. The van der Waals surface area contributed by atoms with Crippen LogP contribution in [0.25, 0.3) is 0 Å². The second kappa shape index (κ2) is 5.59. The van der Waals surface area contributed by atoms with E-state index in [4.69, 9.17) is 15.2 Å². The van der Waals surface area contributed by atoms with Crippen molar-refractivity contribution in [3.05, 3.63) is 22.8 Å². The zero-order chi connectivity index (χ0) is 13.1. The van der Waals surface area contributed by atoms with Crippen molar-refractivity contribution >= 4 is 0 Å². The molecule has 1 unspecified atom stereocenters. The third-order valence-electron chi connectivity index (χ3n) is 3.63. The molecule has 0 bridgehead atoms. The van der Waals surface area contributed by atoms with Crippen LogP contribution in [0.3, 0.4) is 0 Å². The van der Waals surface area contributed by atoms with Crippen LogP contribution in [-0.4, -0.2) is 20.8 Å². The Morgan fingerprint density at radius 3 is 2.72 bits per heavy atom. The van der Waals surface area contributed by atoms with Crippen LogP contribution in [0.15, 0.2) is 6.07 Å². The molecule has 100 valence electrons. The second-order valence-corrected chi connectivity index (χ2v) is 4.53. The van der Waals surface area contributed by atoms with E-state index in [-0.39, 0.29) is 0 Å². The molecule has 1 aliphatic rings. The number of hydrogen-bond donors (Lipinski definition) is 2. The van der Waals surface area contributed by atoms with Crippen molar-refractivity contribution < 1.29 is 9.47 Å². The Labute approximate surface area is 108 Å². The van der Waals surface area contributed by atoms with Gasteiger partial charge in [-0.25, -0.2) is 0 Å². The maximum absolute atomic E-state index is 5.80. The number of ether oxygens (including phenoxy) is 2. The average molecular weight is 250 g/mol. The maximum atomic E-state index is 5.80. The molecule has 0 aliphatic carbocycles. The fraction of sp³-hybridized carbons (Fsp3) is 0.571. The topological polar surface area (TPSA) is 56.5 Å². The van der Waals surface area contributed by atoms with Gasteiger partial charge in [-0.3, -0.25) is 0 Å². The van der Waals surface area contributed by atoms with Crippen molar-refractivity contribution in [2.75, 3.05) is 20.8 Å². The second-order valence-electron chi connectivity index (χ2n) is 4.53. The van der Waals surface area contributed by atoms with Crippen LogP contribution in [0.1, 0.15) is 36.1 Å².